The molecule has 2 heterocycles. The first-order valence-electron chi connectivity index (χ1n) is 9.67. The lowest BCUT2D eigenvalue weighted by Crippen LogP contribution is -2.22. The number of anilines is 1. The topological polar surface area (TPSA) is 81.3 Å². The zero-order chi connectivity index (χ0) is 22.0. The molecule has 0 saturated carbocycles. The van der Waals surface area contributed by atoms with Crippen LogP contribution in [0.15, 0.2) is 70.6 Å². The summed E-state index contributed by atoms with van der Waals surface area (Å²) in [6.45, 7) is 3.95. The van der Waals surface area contributed by atoms with E-state index < -0.39 is 0 Å². The summed E-state index contributed by atoms with van der Waals surface area (Å²) in [4.78, 5) is 34.8. The third-order valence-corrected chi connectivity index (χ3v) is 6.05. The molecule has 1 N–H and O–H groups in total. The number of hydrogen-bond acceptors (Lipinski definition) is 5. The third-order valence-electron chi connectivity index (χ3n) is 4.61. The number of carbonyl (C=O) groups is 1. The van der Waals surface area contributed by atoms with Gasteiger partial charge in [-0.05, 0) is 38.1 Å². The van der Waals surface area contributed by atoms with Gasteiger partial charge in [0.25, 0.3) is 17.2 Å². The molecule has 0 aliphatic rings. The van der Waals surface area contributed by atoms with Crippen LogP contribution in [0.4, 0.5) is 5.69 Å². The molecular weight excluding hydrogens is 434 g/mol. The minimum Gasteiger partial charge on any atom is -0.321 e. The Balaban J connectivity index is 1.54. The van der Waals surface area contributed by atoms with Gasteiger partial charge in [-0.3, -0.25) is 14.3 Å². The first-order chi connectivity index (χ1) is 14.9. The maximum atomic E-state index is 12.6. The van der Waals surface area contributed by atoms with E-state index in [0.29, 0.717) is 33.5 Å². The van der Waals surface area contributed by atoms with Crippen molar-refractivity contribution in [3.05, 3.63) is 87.6 Å². The van der Waals surface area contributed by atoms with Crippen LogP contribution in [-0.4, -0.2) is 25.1 Å². The van der Waals surface area contributed by atoms with E-state index in [1.54, 1.807) is 35.3 Å². The lowest BCUT2D eigenvalue weighted by Gasteiger charge is -2.12. The van der Waals surface area contributed by atoms with Crippen LogP contribution >= 0.6 is 23.4 Å². The molecular formula is C22H20ClN5O2S. The molecule has 158 valence electrons. The normalized spacial score (nSPS) is 11.2. The summed E-state index contributed by atoms with van der Waals surface area (Å²) in [5.41, 5.74) is 1.52. The molecule has 0 atom stereocenters. The zero-order valence-electron chi connectivity index (χ0n) is 16.9. The van der Waals surface area contributed by atoms with Gasteiger partial charge < -0.3 is 5.32 Å². The molecule has 1 amide bonds. The van der Waals surface area contributed by atoms with Crippen LogP contribution in [0, 0.1) is 0 Å². The quantitative estimate of drug-likeness (QED) is 0.429. The number of thioether (sulfide) groups is 1. The molecule has 2 aromatic heterocycles. The van der Waals surface area contributed by atoms with Crippen LogP contribution in [0.2, 0.25) is 5.02 Å². The van der Waals surface area contributed by atoms with E-state index in [1.165, 1.54) is 22.3 Å². The van der Waals surface area contributed by atoms with Gasteiger partial charge in [0.2, 0.25) is 0 Å². The van der Waals surface area contributed by atoms with Crippen molar-refractivity contribution >= 4 is 40.7 Å². The fraction of sp³-hybridized carbons (Fsp3) is 0.182. The maximum absolute atomic E-state index is 12.6. The molecule has 0 bridgehead atoms. The summed E-state index contributed by atoms with van der Waals surface area (Å²) in [7, 11) is 0. The van der Waals surface area contributed by atoms with Gasteiger partial charge in [0.15, 0.2) is 0 Å². The Hall–Kier alpha value is -3.10. The molecule has 0 aliphatic heterocycles. The summed E-state index contributed by atoms with van der Waals surface area (Å²) < 4.78 is 3.22. The average Bonchev–Trinajstić information content (AvgIpc) is 3.18. The van der Waals surface area contributed by atoms with Crippen LogP contribution in [0.1, 0.15) is 35.9 Å². The standard InChI is InChI=1S/C22H20ClN5O2S/c1-14(2)27-13-24-22-25-15(11-20(29)28(22)27)12-31-19-10-6-5-9-18(19)26-21(30)16-7-3-4-8-17(16)23/h3-11,13-14H,12H2,1-2H3,(H,26,30). The number of para-hydroxylation sites is 1. The van der Waals surface area contributed by atoms with Gasteiger partial charge in [0, 0.05) is 22.8 Å². The Morgan fingerprint density at radius 1 is 1.16 bits per heavy atom. The van der Waals surface area contributed by atoms with Crippen molar-refractivity contribution < 1.29 is 4.79 Å². The number of rotatable bonds is 6. The summed E-state index contributed by atoms with van der Waals surface area (Å²) in [6, 6.07) is 16.0. The van der Waals surface area contributed by atoms with Crippen molar-refractivity contribution in [1.82, 2.24) is 19.2 Å². The number of nitrogens with zero attached hydrogens (tertiary/aromatic N) is 4. The highest BCUT2D eigenvalue weighted by Crippen LogP contribution is 2.30. The number of amides is 1. The van der Waals surface area contributed by atoms with Gasteiger partial charge in [-0.15, -0.1) is 11.8 Å². The second-order valence-electron chi connectivity index (χ2n) is 7.13. The number of aromatic nitrogens is 4. The predicted octanol–water partition coefficient (Wildman–Crippen LogP) is 4.67. The molecule has 4 aromatic rings. The van der Waals surface area contributed by atoms with Crippen molar-refractivity contribution in [2.75, 3.05) is 5.32 Å². The first-order valence-corrected chi connectivity index (χ1v) is 11.0. The molecule has 0 spiro atoms. The number of nitrogens with one attached hydrogen (secondary N) is 1. The van der Waals surface area contributed by atoms with Crippen molar-refractivity contribution in [1.29, 1.82) is 0 Å². The Morgan fingerprint density at radius 3 is 2.68 bits per heavy atom. The van der Waals surface area contributed by atoms with Crippen molar-refractivity contribution in [3.8, 4) is 0 Å². The Kier molecular flexibility index (Phi) is 6.11. The number of halogens is 1. The summed E-state index contributed by atoms with van der Waals surface area (Å²) >= 11 is 7.62. The van der Waals surface area contributed by atoms with Crippen LogP contribution in [0.25, 0.3) is 5.78 Å². The molecule has 0 aliphatic carbocycles. The summed E-state index contributed by atoms with van der Waals surface area (Å²) in [5, 5.41) is 3.31. The second kappa shape index (κ2) is 8.95. The molecule has 2 aromatic carbocycles. The SMILES string of the molecule is CC(C)n1cnc2nc(CSc3ccccc3NC(=O)c3ccccc3Cl)cc(=O)n21. The first kappa shape index (κ1) is 21.1. The number of fused-ring (bicyclic) bond motifs is 1. The zero-order valence-corrected chi connectivity index (χ0v) is 18.5. The molecule has 7 nitrogen and oxygen atoms in total. The minimum absolute atomic E-state index is 0.0957. The van der Waals surface area contributed by atoms with E-state index in [4.69, 9.17) is 11.6 Å². The third kappa shape index (κ3) is 4.50. The summed E-state index contributed by atoms with van der Waals surface area (Å²) in [6.07, 6.45) is 1.62. The highest BCUT2D eigenvalue weighted by atomic mass is 35.5. The highest BCUT2D eigenvalue weighted by molar-refractivity contribution is 7.98. The number of benzene rings is 2. The van der Waals surface area contributed by atoms with Gasteiger partial charge >= 0.3 is 0 Å². The van der Waals surface area contributed by atoms with Crippen LogP contribution < -0.4 is 10.9 Å². The van der Waals surface area contributed by atoms with E-state index in [2.05, 4.69) is 15.3 Å². The highest BCUT2D eigenvalue weighted by Gasteiger charge is 2.14. The average molecular weight is 454 g/mol. The Morgan fingerprint density at radius 2 is 1.90 bits per heavy atom. The van der Waals surface area contributed by atoms with Crippen molar-refractivity contribution in [2.24, 2.45) is 0 Å². The number of carbonyl (C=O) groups excluding carboxylic acids is 1. The fourth-order valence-corrected chi connectivity index (χ4v) is 4.22. The van der Waals surface area contributed by atoms with E-state index in [-0.39, 0.29) is 17.5 Å². The molecule has 31 heavy (non-hydrogen) atoms. The largest absolute Gasteiger partial charge is 0.321 e. The lowest BCUT2D eigenvalue weighted by atomic mass is 10.2. The van der Waals surface area contributed by atoms with Gasteiger partial charge in [-0.25, -0.2) is 4.98 Å². The molecule has 0 radical (unpaired) electrons. The van der Waals surface area contributed by atoms with E-state index in [0.717, 1.165) is 4.90 Å². The Labute approximate surface area is 188 Å². The minimum atomic E-state index is -0.282. The molecule has 0 unspecified atom stereocenters. The lowest BCUT2D eigenvalue weighted by molar-refractivity contribution is 0.102. The van der Waals surface area contributed by atoms with Crippen LogP contribution in [0.5, 0.6) is 0 Å². The maximum Gasteiger partial charge on any atom is 0.274 e. The number of hydrogen-bond donors (Lipinski definition) is 1. The molecule has 4 rings (SSSR count). The van der Waals surface area contributed by atoms with E-state index >= 15 is 0 Å². The van der Waals surface area contributed by atoms with Gasteiger partial charge in [-0.2, -0.15) is 9.50 Å². The predicted molar refractivity (Wildman–Crippen MR) is 123 cm³/mol. The molecule has 9 heteroatoms. The van der Waals surface area contributed by atoms with Gasteiger partial charge in [-0.1, -0.05) is 35.9 Å². The van der Waals surface area contributed by atoms with E-state index in [9.17, 15) is 9.59 Å². The van der Waals surface area contributed by atoms with E-state index in [1.807, 2.05) is 38.1 Å². The smallest absolute Gasteiger partial charge is 0.274 e. The molecule has 0 fully saturated rings. The fourth-order valence-electron chi connectivity index (χ4n) is 3.09. The Bertz CT molecular complexity index is 1310. The van der Waals surface area contributed by atoms with Crippen molar-refractivity contribution in [2.45, 2.75) is 30.5 Å². The molecule has 0 saturated heterocycles. The van der Waals surface area contributed by atoms with Gasteiger partial charge in [0.1, 0.15) is 6.33 Å². The van der Waals surface area contributed by atoms with Crippen LogP contribution in [-0.2, 0) is 5.75 Å². The summed E-state index contributed by atoms with van der Waals surface area (Å²) in [5.74, 6) is 0.548. The van der Waals surface area contributed by atoms with Gasteiger partial charge in [0.05, 0.1) is 22.0 Å². The second-order valence-corrected chi connectivity index (χ2v) is 8.56. The van der Waals surface area contributed by atoms with Crippen molar-refractivity contribution in [3.63, 3.8) is 0 Å². The monoisotopic (exact) mass is 453 g/mol. The van der Waals surface area contributed by atoms with Crippen LogP contribution in [0.3, 0.4) is 0 Å².